The molecule has 0 saturated carbocycles. The third-order valence-electron chi connectivity index (χ3n) is 3.65. The number of hydrogen-bond acceptors (Lipinski definition) is 5. The average Bonchev–Trinajstić information content (AvgIpc) is 2.54. The lowest BCUT2D eigenvalue weighted by molar-refractivity contribution is -0.138. The lowest BCUT2D eigenvalue weighted by Gasteiger charge is -2.39. The second-order valence-electron chi connectivity index (χ2n) is 6.79. The number of anilines is 1. The molecular weight excluding hydrogens is 327 g/mol. The molecule has 1 aliphatic rings. The van der Waals surface area contributed by atoms with E-state index in [0.717, 1.165) is 12.1 Å². The smallest absolute Gasteiger partial charge is 0.293 e. The summed E-state index contributed by atoms with van der Waals surface area (Å²) in [5.74, 6) is -0.507. The first-order valence-electron chi connectivity index (χ1n) is 8.04. The number of ether oxygens (including phenoxy) is 1. The Kier molecular flexibility index (Phi) is 7.54. The third-order valence-corrected chi connectivity index (χ3v) is 3.65. The molecule has 6 nitrogen and oxygen atoms in total. The Balaban J connectivity index is 0.000000381. The highest BCUT2D eigenvalue weighted by Crippen LogP contribution is 2.22. The molecule has 2 rings (SSSR count). The highest BCUT2D eigenvalue weighted by atomic mass is 19.1. The SMILES string of the molecule is CC(C)(C)OC=O.CC1CN(C=O)CCN1c1ccc(C=O)c(F)c1. The number of amides is 1. The number of hydrogen-bond donors (Lipinski definition) is 0. The fraction of sp³-hybridized carbons (Fsp3) is 0.500. The molecule has 7 heteroatoms. The van der Waals surface area contributed by atoms with Crippen LogP contribution in [-0.2, 0) is 14.3 Å². The summed E-state index contributed by atoms with van der Waals surface area (Å²) in [4.78, 5) is 34.6. The number of aldehydes is 1. The highest BCUT2D eigenvalue weighted by molar-refractivity contribution is 5.76. The largest absolute Gasteiger partial charge is 0.462 e. The molecule has 1 aromatic carbocycles. The van der Waals surface area contributed by atoms with Gasteiger partial charge in [0.25, 0.3) is 6.47 Å². The number of nitrogens with zero attached hydrogens (tertiary/aromatic N) is 2. The molecule has 1 unspecified atom stereocenters. The van der Waals surface area contributed by atoms with Gasteiger partial charge in [-0.25, -0.2) is 4.39 Å². The Bertz CT molecular complexity index is 601. The van der Waals surface area contributed by atoms with Gasteiger partial charge in [-0.15, -0.1) is 0 Å². The third kappa shape index (κ3) is 6.52. The van der Waals surface area contributed by atoms with Crippen LogP contribution in [0.4, 0.5) is 10.1 Å². The van der Waals surface area contributed by atoms with Crippen molar-refractivity contribution < 1.29 is 23.5 Å². The summed E-state index contributed by atoms with van der Waals surface area (Å²) in [6.07, 6.45) is 1.34. The maximum absolute atomic E-state index is 13.6. The van der Waals surface area contributed by atoms with Gasteiger partial charge < -0.3 is 14.5 Å². The van der Waals surface area contributed by atoms with Gasteiger partial charge in [0, 0.05) is 31.4 Å². The minimum Gasteiger partial charge on any atom is -0.462 e. The minimum absolute atomic E-state index is 0.0675. The fourth-order valence-electron chi connectivity index (χ4n) is 2.40. The predicted molar refractivity (Wildman–Crippen MR) is 93.1 cm³/mol. The zero-order valence-electron chi connectivity index (χ0n) is 15.1. The number of carbonyl (C=O) groups excluding carboxylic acids is 3. The molecule has 1 heterocycles. The molecule has 0 aliphatic carbocycles. The molecule has 1 aromatic rings. The fourth-order valence-corrected chi connectivity index (χ4v) is 2.40. The molecule has 1 atom stereocenters. The van der Waals surface area contributed by atoms with Gasteiger partial charge in [0.1, 0.15) is 11.4 Å². The van der Waals surface area contributed by atoms with E-state index in [1.165, 1.54) is 12.1 Å². The van der Waals surface area contributed by atoms with Crippen molar-refractivity contribution in [2.24, 2.45) is 0 Å². The maximum atomic E-state index is 13.6. The molecule has 1 fully saturated rings. The lowest BCUT2D eigenvalue weighted by atomic mass is 10.1. The van der Waals surface area contributed by atoms with Crippen molar-refractivity contribution >= 4 is 24.9 Å². The van der Waals surface area contributed by atoms with E-state index in [4.69, 9.17) is 0 Å². The second-order valence-corrected chi connectivity index (χ2v) is 6.79. The minimum atomic E-state index is -0.507. The van der Waals surface area contributed by atoms with Gasteiger partial charge in [-0.2, -0.15) is 0 Å². The number of halogens is 1. The van der Waals surface area contributed by atoms with Gasteiger partial charge in [0.05, 0.1) is 5.56 Å². The van der Waals surface area contributed by atoms with E-state index in [9.17, 15) is 18.8 Å². The van der Waals surface area contributed by atoms with Gasteiger partial charge >= 0.3 is 0 Å². The van der Waals surface area contributed by atoms with Gasteiger partial charge in [0.15, 0.2) is 6.29 Å². The van der Waals surface area contributed by atoms with E-state index in [-0.39, 0.29) is 17.2 Å². The quantitative estimate of drug-likeness (QED) is 0.778. The van der Waals surface area contributed by atoms with E-state index in [1.54, 1.807) is 11.0 Å². The monoisotopic (exact) mass is 352 g/mol. The molecule has 0 bridgehead atoms. The van der Waals surface area contributed by atoms with Crippen LogP contribution in [0.5, 0.6) is 0 Å². The molecule has 0 N–H and O–H groups in total. The topological polar surface area (TPSA) is 66.9 Å². The van der Waals surface area contributed by atoms with Crippen molar-refractivity contribution in [2.45, 2.75) is 39.3 Å². The molecule has 25 heavy (non-hydrogen) atoms. The summed E-state index contributed by atoms with van der Waals surface area (Å²) < 4.78 is 18.1. The number of piperazine rings is 1. The molecule has 0 spiro atoms. The van der Waals surface area contributed by atoms with Gasteiger partial charge in [-0.05, 0) is 45.9 Å². The number of benzene rings is 1. The summed E-state index contributed by atoms with van der Waals surface area (Å²) in [7, 11) is 0. The van der Waals surface area contributed by atoms with Crippen molar-refractivity contribution in [3.8, 4) is 0 Å². The van der Waals surface area contributed by atoms with Crippen molar-refractivity contribution in [3.63, 3.8) is 0 Å². The molecule has 1 amide bonds. The number of rotatable bonds is 4. The summed E-state index contributed by atoms with van der Waals surface area (Å²) in [5, 5.41) is 0. The van der Waals surface area contributed by atoms with Crippen molar-refractivity contribution in [1.82, 2.24) is 4.90 Å². The van der Waals surface area contributed by atoms with Crippen LogP contribution in [0.3, 0.4) is 0 Å². The van der Waals surface area contributed by atoms with Crippen molar-refractivity contribution in [2.75, 3.05) is 24.5 Å². The first kappa shape index (κ1) is 20.6. The summed E-state index contributed by atoms with van der Waals surface area (Å²) in [5.41, 5.74) is 0.496. The van der Waals surface area contributed by atoms with E-state index in [2.05, 4.69) is 4.74 Å². The van der Waals surface area contributed by atoms with Crippen LogP contribution in [0.2, 0.25) is 0 Å². The van der Waals surface area contributed by atoms with Crippen LogP contribution >= 0.6 is 0 Å². The average molecular weight is 352 g/mol. The molecule has 138 valence electrons. The Morgan fingerprint density at radius 3 is 2.28 bits per heavy atom. The lowest BCUT2D eigenvalue weighted by Crippen LogP contribution is -2.51. The second kappa shape index (κ2) is 9.15. The molecule has 0 radical (unpaired) electrons. The first-order chi connectivity index (χ1) is 11.7. The van der Waals surface area contributed by atoms with Gasteiger partial charge in [-0.3, -0.25) is 14.4 Å². The zero-order valence-corrected chi connectivity index (χ0v) is 15.1. The van der Waals surface area contributed by atoms with Crippen LogP contribution in [0.25, 0.3) is 0 Å². The van der Waals surface area contributed by atoms with Gasteiger partial charge in [0.2, 0.25) is 6.41 Å². The molecule has 1 aliphatic heterocycles. The van der Waals surface area contributed by atoms with Crippen LogP contribution in [-0.4, -0.2) is 55.3 Å². The molecule has 0 aromatic heterocycles. The van der Waals surface area contributed by atoms with Crippen molar-refractivity contribution in [1.29, 1.82) is 0 Å². The molecule has 1 saturated heterocycles. The number of carbonyl (C=O) groups is 3. The van der Waals surface area contributed by atoms with E-state index in [0.29, 0.717) is 32.4 Å². The van der Waals surface area contributed by atoms with Crippen LogP contribution in [0.15, 0.2) is 18.2 Å². The normalized spacial score (nSPS) is 17.2. The maximum Gasteiger partial charge on any atom is 0.293 e. The van der Waals surface area contributed by atoms with Gasteiger partial charge in [-0.1, -0.05) is 0 Å². The highest BCUT2D eigenvalue weighted by Gasteiger charge is 2.23. The summed E-state index contributed by atoms with van der Waals surface area (Å²) in [6, 6.07) is 4.72. The van der Waals surface area contributed by atoms with E-state index < -0.39 is 5.82 Å². The predicted octanol–water partition coefficient (Wildman–Crippen LogP) is 2.26. The van der Waals surface area contributed by atoms with Crippen molar-refractivity contribution in [3.05, 3.63) is 29.6 Å². The molecular formula is C18H25FN2O4. The zero-order chi connectivity index (χ0) is 19.0. The Hall–Kier alpha value is -2.44. The van der Waals surface area contributed by atoms with E-state index in [1.807, 2.05) is 32.6 Å². The van der Waals surface area contributed by atoms with Crippen LogP contribution in [0, 0.1) is 5.82 Å². The Morgan fingerprint density at radius 1 is 1.20 bits per heavy atom. The Labute approximate surface area is 147 Å². The summed E-state index contributed by atoms with van der Waals surface area (Å²) in [6.45, 7) is 9.83. The van der Waals surface area contributed by atoms with Crippen LogP contribution < -0.4 is 4.90 Å². The van der Waals surface area contributed by atoms with Crippen LogP contribution in [0.1, 0.15) is 38.1 Å². The standard InChI is InChI=1S/C13H15FN2O2.C5H10O2/c1-10-7-15(9-18)4-5-16(10)12-3-2-11(8-17)13(14)6-12;1-5(2,3)7-4-6/h2-3,6,8-10H,4-5,7H2,1H3;4H,1-3H3. The Morgan fingerprint density at radius 2 is 1.88 bits per heavy atom. The summed E-state index contributed by atoms with van der Waals surface area (Å²) >= 11 is 0. The first-order valence-corrected chi connectivity index (χ1v) is 8.04. The van der Waals surface area contributed by atoms with E-state index >= 15 is 0 Å².